The van der Waals surface area contributed by atoms with Gasteiger partial charge in [-0.2, -0.15) is 0 Å². The van der Waals surface area contributed by atoms with Gasteiger partial charge in [-0.1, -0.05) is 30.7 Å². The molecule has 1 aromatic carbocycles. The largest absolute Gasteiger partial charge is 0.356 e. The molecule has 5 heteroatoms. The van der Waals surface area contributed by atoms with E-state index in [-0.39, 0.29) is 18.3 Å². The summed E-state index contributed by atoms with van der Waals surface area (Å²) in [4.78, 5) is 11.7. The Morgan fingerprint density at radius 3 is 2.78 bits per heavy atom. The second-order valence-electron chi connectivity index (χ2n) is 4.06. The lowest BCUT2D eigenvalue weighted by Gasteiger charge is -2.10. The first-order chi connectivity index (χ1) is 8.54. The number of benzene rings is 1. The molecule has 0 heterocycles. The maximum Gasteiger partial charge on any atom is 0.231 e. The minimum Gasteiger partial charge on any atom is -0.356 e. The highest BCUT2D eigenvalue weighted by atomic mass is 35.5. The van der Waals surface area contributed by atoms with E-state index in [2.05, 4.69) is 10.6 Å². The summed E-state index contributed by atoms with van der Waals surface area (Å²) in [5.41, 5.74) is 1.78. The Bertz CT molecular complexity index is 426. The Hall–Kier alpha value is -1.55. The van der Waals surface area contributed by atoms with Gasteiger partial charge in [-0.05, 0) is 30.5 Å². The fourth-order valence-corrected chi connectivity index (χ4v) is 1.82. The molecule has 0 aliphatic rings. The number of amides is 1. The zero-order valence-corrected chi connectivity index (χ0v) is 11.4. The van der Waals surface area contributed by atoms with Crippen molar-refractivity contribution in [1.29, 1.82) is 5.41 Å². The van der Waals surface area contributed by atoms with Crippen molar-refractivity contribution in [3.63, 3.8) is 0 Å². The molecule has 0 saturated carbocycles. The molecule has 1 aromatic rings. The molecule has 18 heavy (non-hydrogen) atoms. The summed E-state index contributed by atoms with van der Waals surface area (Å²) in [6.45, 7) is 4.58. The molecule has 3 N–H and O–H groups in total. The highest BCUT2D eigenvalue weighted by Gasteiger charge is 2.10. The number of halogens is 1. The van der Waals surface area contributed by atoms with Crippen LogP contribution < -0.4 is 10.6 Å². The molecule has 0 atom stereocenters. The van der Waals surface area contributed by atoms with Crippen molar-refractivity contribution in [2.24, 2.45) is 0 Å². The second kappa shape index (κ2) is 7.01. The van der Waals surface area contributed by atoms with Gasteiger partial charge in [0.25, 0.3) is 0 Å². The number of rotatable bonds is 4. The van der Waals surface area contributed by atoms with E-state index in [1.807, 2.05) is 26.0 Å². The van der Waals surface area contributed by atoms with Crippen molar-refractivity contribution in [3.8, 4) is 0 Å². The van der Waals surface area contributed by atoms with E-state index in [1.54, 1.807) is 6.07 Å². The first kappa shape index (κ1) is 14.5. The third-order valence-electron chi connectivity index (χ3n) is 2.51. The van der Waals surface area contributed by atoms with Gasteiger partial charge in [0.15, 0.2) is 5.96 Å². The van der Waals surface area contributed by atoms with E-state index in [0.717, 1.165) is 17.5 Å². The van der Waals surface area contributed by atoms with Gasteiger partial charge in [-0.3, -0.25) is 15.5 Å². The molecule has 98 valence electrons. The average molecular weight is 268 g/mol. The van der Waals surface area contributed by atoms with Crippen molar-refractivity contribution in [3.05, 3.63) is 34.3 Å². The van der Waals surface area contributed by atoms with Crippen LogP contribution in [0, 0.1) is 12.3 Å². The number of hydrogen-bond donors (Lipinski definition) is 3. The van der Waals surface area contributed by atoms with Gasteiger partial charge < -0.3 is 5.32 Å². The van der Waals surface area contributed by atoms with Crippen LogP contribution in [-0.2, 0) is 11.2 Å². The summed E-state index contributed by atoms with van der Waals surface area (Å²) >= 11 is 6.04. The summed E-state index contributed by atoms with van der Waals surface area (Å²) in [6, 6.07) is 5.52. The molecular weight excluding hydrogens is 250 g/mol. The van der Waals surface area contributed by atoms with E-state index < -0.39 is 0 Å². The number of hydrogen-bond acceptors (Lipinski definition) is 2. The van der Waals surface area contributed by atoms with Gasteiger partial charge in [-0.25, -0.2) is 0 Å². The second-order valence-corrected chi connectivity index (χ2v) is 4.47. The molecular formula is C13H18ClN3O. The van der Waals surface area contributed by atoms with Crippen molar-refractivity contribution in [1.82, 2.24) is 10.6 Å². The van der Waals surface area contributed by atoms with Crippen LogP contribution >= 0.6 is 11.6 Å². The van der Waals surface area contributed by atoms with Crippen LogP contribution in [0.3, 0.4) is 0 Å². The lowest BCUT2D eigenvalue weighted by atomic mass is 10.1. The summed E-state index contributed by atoms with van der Waals surface area (Å²) in [6.07, 6.45) is 1.09. The van der Waals surface area contributed by atoms with Crippen molar-refractivity contribution < 1.29 is 4.79 Å². The highest BCUT2D eigenvalue weighted by Crippen LogP contribution is 2.19. The molecule has 0 aliphatic heterocycles. The van der Waals surface area contributed by atoms with Crippen LogP contribution in [0.25, 0.3) is 0 Å². The van der Waals surface area contributed by atoms with Crippen LogP contribution in [-0.4, -0.2) is 18.4 Å². The molecule has 0 saturated heterocycles. The monoisotopic (exact) mass is 267 g/mol. The number of nitrogens with one attached hydrogen (secondary N) is 3. The van der Waals surface area contributed by atoms with Gasteiger partial charge in [-0.15, -0.1) is 0 Å². The predicted molar refractivity (Wildman–Crippen MR) is 74.1 cm³/mol. The van der Waals surface area contributed by atoms with Crippen LogP contribution in [0.1, 0.15) is 24.5 Å². The van der Waals surface area contributed by atoms with Gasteiger partial charge in [0.1, 0.15) is 0 Å². The molecule has 1 amide bonds. The zero-order chi connectivity index (χ0) is 13.5. The van der Waals surface area contributed by atoms with Crippen LogP contribution in [0.2, 0.25) is 5.02 Å². The maximum absolute atomic E-state index is 11.7. The number of aryl methyl sites for hydroxylation is 1. The first-order valence-corrected chi connectivity index (χ1v) is 6.28. The van der Waals surface area contributed by atoms with E-state index in [0.29, 0.717) is 11.6 Å². The Labute approximate surface area is 112 Å². The summed E-state index contributed by atoms with van der Waals surface area (Å²) in [5.74, 6) is -0.202. The van der Waals surface area contributed by atoms with Crippen molar-refractivity contribution in [2.75, 3.05) is 6.54 Å². The molecule has 4 nitrogen and oxygen atoms in total. The summed E-state index contributed by atoms with van der Waals surface area (Å²) in [7, 11) is 0. The minimum atomic E-state index is -0.236. The van der Waals surface area contributed by atoms with Crippen molar-refractivity contribution >= 4 is 23.5 Å². The summed E-state index contributed by atoms with van der Waals surface area (Å²) in [5, 5.41) is 13.4. The fraction of sp³-hybridized carbons (Fsp3) is 0.385. The molecule has 0 aromatic heterocycles. The van der Waals surface area contributed by atoms with Gasteiger partial charge in [0.2, 0.25) is 5.91 Å². The molecule has 0 fully saturated rings. The van der Waals surface area contributed by atoms with Crippen LogP contribution in [0.15, 0.2) is 18.2 Å². The lowest BCUT2D eigenvalue weighted by Crippen LogP contribution is -2.41. The van der Waals surface area contributed by atoms with E-state index in [4.69, 9.17) is 17.0 Å². The molecule has 0 aliphatic carbocycles. The molecule has 1 rings (SSSR count). The lowest BCUT2D eigenvalue weighted by molar-refractivity contribution is -0.119. The number of carbonyl (C=O) groups is 1. The minimum absolute atomic E-state index is 0.0338. The molecule has 0 spiro atoms. The van der Waals surface area contributed by atoms with Crippen molar-refractivity contribution in [2.45, 2.75) is 26.7 Å². The Kier molecular flexibility index (Phi) is 5.65. The molecule has 0 unspecified atom stereocenters. The third-order valence-corrected chi connectivity index (χ3v) is 2.86. The van der Waals surface area contributed by atoms with Crippen LogP contribution in [0.4, 0.5) is 0 Å². The van der Waals surface area contributed by atoms with E-state index in [9.17, 15) is 4.79 Å². The highest BCUT2D eigenvalue weighted by molar-refractivity contribution is 6.31. The SMILES string of the molecule is CCCNC(=N)NC(=O)Cc1c(C)cccc1Cl. The summed E-state index contributed by atoms with van der Waals surface area (Å²) < 4.78 is 0. The van der Waals surface area contributed by atoms with E-state index >= 15 is 0 Å². The third kappa shape index (κ3) is 4.37. The standard InChI is InChI=1S/C13H18ClN3O/c1-3-7-16-13(15)17-12(18)8-10-9(2)5-4-6-11(10)14/h4-6H,3,7-8H2,1-2H3,(H3,15,16,17,18). The average Bonchev–Trinajstić information content (AvgIpc) is 2.31. The topological polar surface area (TPSA) is 65.0 Å². The Balaban J connectivity index is 2.57. The van der Waals surface area contributed by atoms with Gasteiger partial charge in [0, 0.05) is 11.6 Å². The Morgan fingerprint density at radius 2 is 2.17 bits per heavy atom. The predicted octanol–water partition coefficient (Wildman–Crippen LogP) is 2.24. The fourth-order valence-electron chi connectivity index (χ4n) is 1.53. The Morgan fingerprint density at radius 1 is 1.44 bits per heavy atom. The van der Waals surface area contributed by atoms with E-state index in [1.165, 1.54) is 0 Å². The smallest absolute Gasteiger partial charge is 0.231 e. The van der Waals surface area contributed by atoms with Crippen LogP contribution in [0.5, 0.6) is 0 Å². The number of carbonyl (C=O) groups excluding carboxylic acids is 1. The quantitative estimate of drug-likeness (QED) is 0.579. The van der Waals surface area contributed by atoms with Gasteiger partial charge >= 0.3 is 0 Å². The molecule has 0 bridgehead atoms. The number of guanidine groups is 1. The normalized spacial score (nSPS) is 9.94. The van der Waals surface area contributed by atoms with Gasteiger partial charge in [0.05, 0.1) is 6.42 Å². The maximum atomic E-state index is 11.7. The first-order valence-electron chi connectivity index (χ1n) is 5.90. The molecule has 0 radical (unpaired) electrons. The zero-order valence-electron chi connectivity index (χ0n) is 10.6.